The lowest BCUT2D eigenvalue weighted by molar-refractivity contribution is -0.394. The zero-order valence-corrected chi connectivity index (χ0v) is 28.4. The van der Waals surface area contributed by atoms with Gasteiger partial charge in [0.1, 0.15) is 17.8 Å². The third kappa shape index (κ3) is 6.63. The molecular formula is C36H37F6N5O5. The smallest absolute Gasteiger partial charge is 0.432 e. The van der Waals surface area contributed by atoms with Gasteiger partial charge < -0.3 is 24.6 Å². The number of halogens is 6. The second-order valence-electron chi connectivity index (χ2n) is 13.1. The van der Waals surface area contributed by atoms with E-state index in [0.717, 1.165) is 22.7 Å². The number of nitrogens with one attached hydrogen (secondary N) is 1. The number of rotatable bonds is 10. The van der Waals surface area contributed by atoms with Crippen LogP contribution in [0.1, 0.15) is 48.2 Å². The first kappa shape index (κ1) is 36.9. The van der Waals surface area contributed by atoms with E-state index in [0.29, 0.717) is 36.4 Å². The molecule has 4 amide bonds. The predicted octanol–water partition coefficient (Wildman–Crippen LogP) is 5.62. The van der Waals surface area contributed by atoms with Gasteiger partial charge in [-0.25, -0.2) is 4.79 Å². The van der Waals surface area contributed by atoms with Crippen LogP contribution in [0.5, 0.6) is 5.75 Å². The summed E-state index contributed by atoms with van der Waals surface area (Å²) in [7, 11) is 0. The summed E-state index contributed by atoms with van der Waals surface area (Å²) in [5.74, 6) is -0.361. The quantitative estimate of drug-likeness (QED) is 0.213. The molecule has 10 nitrogen and oxygen atoms in total. The van der Waals surface area contributed by atoms with E-state index in [-0.39, 0.29) is 43.7 Å². The monoisotopic (exact) mass is 733 g/mol. The fourth-order valence-electron chi connectivity index (χ4n) is 6.86. The molecule has 3 aliphatic rings. The van der Waals surface area contributed by atoms with Crippen LogP contribution in [0.2, 0.25) is 0 Å². The van der Waals surface area contributed by atoms with Crippen LogP contribution in [-0.2, 0) is 44.9 Å². The van der Waals surface area contributed by atoms with Crippen molar-refractivity contribution in [2.24, 2.45) is 0 Å². The molecule has 1 unspecified atom stereocenters. The molecule has 1 N–H and O–H groups in total. The molecule has 0 saturated carbocycles. The summed E-state index contributed by atoms with van der Waals surface area (Å²) in [6.45, 7) is 2.95. The third-order valence-electron chi connectivity index (χ3n) is 9.75. The number of carbonyl (C=O) groups is 3. The van der Waals surface area contributed by atoms with E-state index in [1.165, 1.54) is 29.2 Å². The highest BCUT2D eigenvalue weighted by Crippen LogP contribution is 2.53. The largest absolute Gasteiger partial charge is 0.493 e. The number of pyridine rings is 1. The highest BCUT2D eigenvalue weighted by molar-refractivity contribution is 6.09. The average Bonchev–Trinajstić information content (AvgIpc) is 3.66. The third-order valence-corrected chi connectivity index (χ3v) is 9.75. The van der Waals surface area contributed by atoms with Crippen LogP contribution in [0.4, 0.5) is 36.8 Å². The summed E-state index contributed by atoms with van der Waals surface area (Å²) >= 11 is 0. The first-order chi connectivity index (χ1) is 24.6. The summed E-state index contributed by atoms with van der Waals surface area (Å²) in [4.78, 5) is 47.6. The maximum absolute atomic E-state index is 14.5. The number of anilines is 1. The molecule has 2 saturated heterocycles. The Bertz CT molecular complexity index is 1820. The van der Waals surface area contributed by atoms with Crippen molar-refractivity contribution in [3.8, 4) is 5.75 Å². The number of benzene rings is 2. The predicted molar refractivity (Wildman–Crippen MR) is 175 cm³/mol. The molecule has 3 aromatic rings. The first-order valence-electron chi connectivity index (χ1n) is 16.8. The van der Waals surface area contributed by atoms with Gasteiger partial charge in [-0.3, -0.25) is 19.5 Å². The van der Waals surface area contributed by atoms with Crippen molar-refractivity contribution in [1.29, 1.82) is 0 Å². The van der Waals surface area contributed by atoms with Gasteiger partial charge in [0.25, 0.3) is 5.91 Å². The number of nitrogens with zero attached hydrogens (tertiary/aromatic N) is 4. The van der Waals surface area contributed by atoms with E-state index in [1.54, 1.807) is 36.9 Å². The molecule has 52 heavy (non-hydrogen) atoms. The van der Waals surface area contributed by atoms with Crippen LogP contribution in [0, 0.1) is 0 Å². The number of urea groups is 1. The molecule has 4 heterocycles. The molecule has 0 aliphatic carbocycles. The second-order valence-corrected chi connectivity index (χ2v) is 13.1. The van der Waals surface area contributed by atoms with Crippen molar-refractivity contribution >= 4 is 23.5 Å². The number of imide groups is 1. The fraction of sp³-hybridized carbons (Fsp3) is 0.444. The SMILES string of the molecule is CCCc1cc(C(OCc2ccccc2)(C(F)(F)F)C(F)(F)F)ncc1N1CCN(C(=O)CN2C(=O)NC(C)(c3ccc4c(c3)CCO4)C2=O)CC1. The summed E-state index contributed by atoms with van der Waals surface area (Å²) in [5, 5.41) is 2.70. The molecule has 1 atom stereocenters. The van der Waals surface area contributed by atoms with Crippen LogP contribution < -0.4 is 15.0 Å². The lowest BCUT2D eigenvalue weighted by atomic mass is 9.90. The minimum atomic E-state index is -5.90. The summed E-state index contributed by atoms with van der Waals surface area (Å²) in [6.07, 6.45) is -9.57. The Hall–Kier alpha value is -4.86. The summed E-state index contributed by atoms with van der Waals surface area (Å²) < 4.78 is 97.5. The van der Waals surface area contributed by atoms with Crippen molar-refractivity contribution in [3.05, 3.63) is 88.7 Å². The van der Waals surface area contributed by atoms with E-state index < -0.39 is 60.2 Å². The van der Waals surface area contributed by atoms with Crippen LogP contribution in [0.25, 0.3) is 0 Å². The Balaban J connectivity index is 1.16. The second kappa shape index (κ2) is 13.9. The van der Waals surface area contributed by atoms with Gasteiger partial charge in [-0.2, -0.15) is 26.3 Å². The van der Waals surface area contributed by atoms with E-state index in [1.807, 2.05) is 6.07 Å². The van der Waals surface area contributed by atoms with E-state index >= 15 is 0 Å². The minimum Gasteiger partial charge on any atom is -0.493 e. The average molecular weight is 734 g/mol. The number of carbonyl (C=O) groups excluding carboxylic acids is 3. The van der Waals surface area contributed by atoms with E-state index in [2.05, 4.69) is 10.3 Å². The van der Waals surface area contributed by atoms with Crippen LogP contribution in [-0.4, -0.2) is 84.3 Å². The summed E-state index contributed by atoms with van der Waals surface area (Å²) in [5.41, 5.74) is -5.25. The van der Waals surface area contributed by atoms with Gasteiger partial charge >= 0.3 is 24.0 Å². The van der Waals surface area contributed by atoms with Crippen molar-refractivity contribution in [3.63, 3.8) is 0 Å². The normalized spacial score (nSPS) is 19.5. The maximum atomic E-state index is 14.5. The Kier molecular flexibility index (Phi) is 9.89. The van der Waals surface area contributed by atoms with Crippen molar-refractivity contribution in [2.75, 3.05) is 44.2 Å². The molecular weight excluding hydrogens is 696 g/mol. The molecule has 0 radical (unpaired) electrons. The molecule has 278 valence electrons. The van der Waals surface area contributed by atoms with E-state index in [9.17, 15) is 40.7 Å². The number of fused-ring (bicyclic) bond motifs is 1. The number of hydrogen-bond acceptors (Lipinski definition) is 7. The molecule has 6 rings (SSSR count). The number of hydrogen-bond donors (Lipinski definition) is 1. The van der Waals surface area contributed by atoms with Gasteiger partial charge in [-0.15, -0.1) is 0 Å². The van der Waals surface area contributed by atoms with E-state index in [4.69, 9.17) is 9.47 Å². The van der Waals surface area contributed by atoms with Gasteiger partial charge in [0.2, 0.25) is 5.91 Å². The van der Waals surface area contributed by atoms with Crippen molar-refractivity contribution < 1.29 is 50.2 Å². The van der Waals surface area contributed by atoms with Gasteiger partial charge in [0.15, 0.2) is 0 Å². The molecule has 16 heteroatoms. The number of aryl methyl sites for hydroxylation is 1. The van der Waals surface area contributed by atoms with Gasteiger partial charge in [-0.05, 0) is 53.8 Å². The molecule has 1 aromatic heterocycles. The molecule has 2 fully saturated rings. The number of ether oxygens (including phenoxy) is 2. The Morgan fingerprint density at radius 2 is 1.67 bits per heavy atom. The topological polar surface area (TPSA) is 104 Å². The first-order valence-corrected chi connectivity index (χ1v) is 16.8. The lowest BCUT2D eigenvalue weighted by Gasteiger charge is -2.39. The Morgan fingerprint density at radius 1 is 0.981 bits per heavy atom. The molecule has 0 spiro atoms. The number of aromatic nitrogens is 1. The Labute approximate surface area is 295 Å². The molecule has 2 aromatic carbocycles. The van der Waals surface area contributed by atoms with Crippen LogP contribution >= 0.6 is 0 Å². The molecule has 0 bridgehead atoms. The van der Waals surface area contributed by atoms with Gasteiger partial charge in [-0.1, -0.05) is 49.7 Å². The van der Waals surface area contributed by atoms with Gasteiger partial charge in [0.05, 0.1) is 30.8 Å². The van der Waals surface area contributed by atoms with Crippen molar-refractivity contribution in [1.82, 2.24) is 20.1 Å². The number of amides is 4. The maximum Gasteiger partial charge on any atom is 0.432 e. The number of alkyl halides is 6. The fourth-order valence-corrected chi connectivity index (χ4v) is 6.86. The Morgan fingerprint density at radius 3 is 2.33 bits per heavy atom. The highest BCUT2D eigenvalue weighted by Gasteiger charge is 2.74. The molecule has 3 aliphatic heterocycles. The summed E-state index contributed by atoms with van der Waals surface area (Å²) in [6, 6.07) is 12.6. The lowest BCUT2D eigenvalue weighted by Crippen LogP contribution is -2.56. The van der Waals surface area contributed by atoms with Crippen LogP contribution in [0.3, 0.4) is 0 Å². The standard InChI is InChI=1S/C36H37F6N5O5/c1-3-7-24-19-29(34(35(37,38)39,36(40,41)42)52-22-23-8-5-4-6-9-23)43-20-27(24)45-13-15-46(16-14-45)30(48)21-47-31(49)33(2,44-32(47)50)26-10-11-28-25(18-26)12-17-51-28/h4-6,8-11,18-20H,3,7,12-17,21-22H2,1-2H3,(H,44,50). The highest BCUT2D eigenvalue weighted by atomic mass is 19.4. The zero-order chi connectivity index (χ0) is 37.5. The van der Waals surface area contributed by atoms with Gasteiger partial charge in [0, 0.05) is 32.6 Å². The zero-order valence-electron chi connectivity index (χ0n) is 28.4. The van der Waals surface area contributed by atoms with Crippen LogP contribution in [0.15, 0.2) is 60.8 Å². The van der Waals surface area contributed by atoms with Crippen molar-refractivity contribution in [2.45, 2.75) is 63.2 Å². The minimum absolute atomic E-state index is 0.118. The number of piperazine rings is 1.